The maximum Gasteiger partial charge on any atom is 0.227 e. The number of nitrogens with zero attached hydrogens (tertiary/aromatic N) is 1. The van der Waals surface area contributed by atoms with Crippen molar-refractivity contribution in [2.24, 2.45) is 0 Å². The van der Waals surface area contributed by atoms with Gasteiger partial charge in [-0.15, -0.1) is 0 Å². The highest BCUT2D eigenvalue weighted by atomic mass is 16.3. The Hall–Kier alpha value is -3.65. The molecule has 0 amide bonds. The number of oxazole rings is 1. The summed E-state index contributed by atoms with van der Waals surface area (Å²) in [5, 5.41) is 7.39. The van der Waals surface area contributed by atoms with Crippen LogP contribution in [0.4, 0.5) is 0 Å². The monoisotopic (exact) mass is 345 g/mol. The van der Waals surface area contributed by atoms with Crippen LogP contribution < -0.4 is 0 Å². The van der Waals surface area contributed by atoms with Gasteiger partial charge in [-0.3, -0.25) is 0 Å². The molecule has 2 nitrogen and oxygen atoms in total. The van der Waals surface area contributed by atoms with E-state index in [1.54, 1.807) is 0 Å². The van der Waals surface area contributed by atoms with Gasteiger partial charge in [-0.2, -0.15) is 0 Å². The minimum atomic E-state index is 0.664. The predicted molar refractivity (Wildman–Crippen MR) is 112 cm³/mol. The average molecular weight is 345 g/mol. The van der Waals surface area contributed by atoms with Crippen LogP contribution in [0, 0.1) is 0 Å². The fourth-order valence-electron chi connectivity index (χ4n) is 4.00. The molecule has 0 aliphatic rings. The van der Waals surface area contributed by atoms with E-state index in [4.69, 9.17) is 9.40 Å². The van der Waals surface area contributed by atoms with Gasteiger partial charge < -0.3 is 4.42 Å². The van der Waals surface area contributed by atoms with Crippen molar-refractivity contribution in [3.8, 4) is 11.5 Å². The standard InChI is InChI=1S/C25H15NO/c1-2-7-17(8-3-1)25-26-24-22-13-12-19-18-9-5-4-6-16(18)10-11-20(19)21(22)14-15-23(24)27-25/h1-15H. The van der Waals surface area contributed by atoms with Gasteiger partial charge in [-0.05, 0) is 51.2 Å². The first kappa shape index (κ1) is 14.5. The van der Waals surface area contributed by atoms with Gasteiger partial charge in [0.1, 0.15) is 5.52 Å². The molecule has 6 aromatic rings. The molecule has 0 bridgehead atoms. The molecule has 0 N–H and O–H groups in total. The summed E-state index contributed by atoms with van der Waals surface area (Å²) in [5.74, 6) is 0.664. The van der Waals surface area contributed by atoms with E-state index in [0.717, 1.165) is 22.0 Å². The summed E-state index contributed by atoms with van der Waals surface area (Å²) in [4.78, 5) is 4.81. The first-order valence-corrected chi connectivity index (χ1v) is 9.08. The summed E-state index contributed by atoms with van der Waals surface area (Å²) >= 11 is 0. The Bertz CT molecular complexity index is 1460. The lowest BCUT2D eigenvalue weighted by atomic mass is 9.97. The minimum absolute atomic E-state index is 0.664. The van der Waals surface area contributed by atoms with Crippen molar-refractivity contribution >= 4 is 43.4 Å². The highest BCUT2D eigenvalue weighted by molar-refractivity contribution is 6.21. The summed E-state index contributed by atoms with van der Waals surface area (Å²) in [7, 11) is 0. The second kappa shape index (κ2) is 5.42. The van der Waals surface area contributed by atoms with Gasteiger partial charge >= 0.3 is 0 Å². The summed E-state index contributed by atoms with van der Waals surface area (Å²) in [6, 6.07) is 31.5. The zero-order valence-corrected chi connectivity index (χ0v) is 14.5. The van der Waals surface area contributed by atoms with Crippen LogP contribution in [-0.2, 0) is 0 Å². The second-order valence-corrected chi connectivity index (χ2v) is 6.84. The van der Waals surface area contributed by atoms with E-state index in [9.17, 15) is 0 Å². The van der Waals surface area contributed by atoms with E-state index in [1.165, 1.54) is 26.9 Å². The smallest absolute Gasteiger partial charge is 0.227 e. The third-order valence-electron chi connectivity index (χ3n) is 5.30. The van der Waals surface area contributed by atoms with Crippen LogP contribution in [0.2, 0.25) is 0 Å². The normalized spacial score (nSPS) is 11.7. The van der Waals surface area contributed by atoms with Crippen molar-refractivity contribution in [3.05, 3.63) is 91.0 Å². The van der Waals surface area contributed by atoms with Crippen molar-refractivity contribution in [3.63, 3.8) is 0 Å². The third-order valence-corrected chi connectivity index (χ3v) is 5.30. The number of aromatic nitrogens is 1. The second-order valence-electron chi connectivity index (χ2n) is 6.84. The Morgan fingerprint density at radius 3 is 2.11 bits per heavy atom. The third kappa shape index (κ3) is 2.10. The zero-order valence-electron chi connectivity index (χ0n) is 14.5. The number of fused-ring (bicyclic) bond motifs is 7. The topological polar surface area (TPSA) is 26.0 Å². The molecule has 0 radical (unpaired) electrons. The minimum Gasteiger partial charge on any atom is -0.436 e. The molecule has 1 aromatic heterocycles. The van der Waals surface area contributed by atoms with Crippen LogP contribution in [0.25, 0.3) is 54.9 Å². The molecule has 0 spiro atoms. The first-order chi connectivity index (χ1) is 13.4. The van der Waals surface area contributed by atoms with Gasteiger partial charge in [0.25, 0.3) is 0 Å². The molecule has 5 aromatic carbocycles. The lowest BCUT2D eigenvalue weighted by Gasteiger charge is -2.07. The Kier molecular flexibility index (Phi) is 2.91. The summed E-state index contributed by atoms with van der Waals surface area (Å²) in [6.45, 7) is 0. The van der Waals surface area contributed by atoms with E-state index in [-0.39, 0.29) is 0 Å². The molecule has 2 heteroatoms. The molecule has 126 valence electrons. The fraction of sp³-hybridized carbons (Fsp3) is 0. The lowest BCUT2D eigenvalue weighted by molar-refractivity contribution is 0.620. The molecule has 0 unspecified atom stereocenters. The fourth-order valence-corrected chi connectivity index (χ4v) is 4.00. The van der Waals surface area contributed by atoms with Gasteiger partial charge in [-0.1, -0.05) is 66.7 Å². The van der Waals surface area contributed by atoms with Crippen LogP contribution >= 0.6 is 0 Å². The maximum atomic E-state index is 6.03. The molecule has 1 heterocycles. The highest BCUT2D eigenvalue weighted by Crippen LogP contribution is 2.35. The van der Waals surface area contributed by atoms with Crippen molar-refractivity contribution in [2.75, 3.05) is 0 Å². The Morgan fingerprint density at radius 1 is 0.519 bits per heavy atom. The largest absolute Gasteiger partial charge is 0.436 e. The molecule has 27 heavy (non-hydrogen) atoms. The highest BCUT2D eigenvalue weighted by Gasteiger charge is 2.13. The number of benzene rings is 5. The van der Waals surface area contributed by atoms with Crippen LogP contribution in [0.3, 0.4) is 0 Å². The Labute approximate surface area is 155 Å². The Balaban J connectivity index is 1.69. The molecule has 6 rings (SSSR count). The zero-order chi connectivity index (χ0) is 17.8. The molecule has 0 atom stereocenters. The number of rotatable bonds is 1. The summed E-state index contributed by atoms with van der Waals surface area (Å²) in [6.07, 6.45) is 0. The van der Waals surface area contributed by atoms with Crippen molar-refractivity contribution < 1.29 is 4.42 Å². The quantitative estimate of drug-likeness (QED) is 0.301. The Morgan fingerprint density at radius 2 is 1.19 bits per heavy atom. The van der Waals surface area contributed by atoms with Gasteiger partial charge in [0.05, 0.1) is 0 Å². The molecule has 0 aliphatic heterocycles. The molecule has 0 saturated heterocycles. The van der Waals surface area contributed by atoms with Crippen LogP contribution in [0.5, 0.6) is 0 Å². The lowest BCUT2D eigenvalue weighted by Crippen LogP contribution is -1.82. The SMILES string of the molecule is c1ccc(-c2nc3c(ccc4c5ccc6ccccc6c5ccc43)o2)cc1. The molecule has 0 aliphatic carbocycles. The molecular weight excluding hydrogens is 330 g/mol. The van der Waals surface area contributed by atoms with Crippen LogP contribution in [0.1, 0.15) is 0 Å². The predicted octanol–water partition coefficient (Wildman–Crippen LogP) is 6.95. The van der Waals surface area contributed by atoms with Crippen LogP contribution in [0.15, 0.2) is 95.4 Å². The van der Waals surface area contributed by atoms with Gasteiger partial charge in [-0.25, -0.2) is 4.98 Å². The van der Waals surface area contributed by atoms with E-state index in [2.05, 4.69) is 54.6 Å². The molecular formula is C25H15NO. The van der Waals surface area contributed by atoms with Crippen molar-refractivity contribution in [1.82, 2.24) is 4.98 Å². The maximum absolute atomic E-state index is 6.03. The van der Waals surface area contributed by atoms with E-state index >= 15 is 0 Å². The van der Waals surface area contributed by atoms with Gasteiger partial charge in [0.2, 0.25) is 5.89 Å². The number of hydrogen-bond acceptors (Lipinski definition) is 2. The van der Waals surface area contributed by atoms with E-state index in [1.807, 2.05) is 36.4 Å². The molecule has 0 fully saturated rings. The van der Waals surface area contributed by atoms with Gasteiger partial charge in [0.15, 0.2) is 5.58 Å². The molecule has 0 saturated carbocycles. The van der Waals surface area contributed by atoms with Crippen LogP contribution in [-0.4, -0.2) is 4.98 Å². The van der Waals surface area contributed by atoms with E-state index < -0.39 is 0 Å². The average Bonchev–Trinajstić information content (AvgIpc) is 3.18. The van der Waals surface area contributed by atoms with Gasteiger partial charge in [0, 0.05) is 10.9 Å². The first-order valence-electron chi connectivity index (χ1n) is 9.08. The van der Waals surface area contributed by atoms with Crippen molar-refractivity contribution in [2.45, 2.75) is 0 Å². The number of hydrogen-bond donors (Lipinski definition) is 0. The summed E-state index contributed by atoms with van der Waals surface area (Å²) in [5.41, 5.74) is 2.73. The van der Waals surface area contributed by atoms with Crippen molar-refractivity contribution in [1.29, 1.82) is 0 Å². The van der Waals surface area contributed by atoms with E-state index in [0.29, 0.717) is 5.89 Å². The summed E-state index contributed by atoms with van der Waals surface area (Å²) < 4.78 is 6.03.